The minimum absolute atomic E-state index is 0.0528. The third kappa shape index (κ3) is 5.70. The summed E-state index contributed by atoms with van der Waals surface area (Å²) in [6.45, 7) is 7.41. The smallest absolute Gasteiger partial charge is 0.341 e. The lowest BCUT2D eigenvalue weighted by molar-refractivity contribution is -0.137. The van der Waals surface area contributed by atoms with Gasteiger partial charge in [-0.25, -0.2) is 13.2 Å². The van der Waals surface area contributed by atoms with Crippen LogP contribution in [-0.4, -0.2) is 61.8 Å². The number of thiophene rings is 1. The molecule has 3 rings (SSSR count). The van der Waals surface area contributed by atoms with Crippen molar-refractivity contribution >= 4 is 44.0 Å². The first kappa shape index (κ1) is 24.7. The van der Waals surface area contributed by atoms with Crippen LogP contribution in [0.4, 0.5) is 5.00 Å². The van der Waals surface area contributed by atoms with E-state index in [2.05, 4.69) is 5.32 Å². The fraction of sp³-hybridized carbons (Fsp3) is 0.682. The molecule has 178 valence electrons. The van der Waals surface area contributed by atoms with Crippen LogP contribution in [0.1, 0.15) is 61.3 Å². The van der Waals surface area contributed by atoms with Crippen molar-refractivity contribution in [3.05, 3.63) is 16.0 Å². The molecule has 0 bridgehead atoms. The maximum atomic E-state index is 13.0. The predicted octanol–water partition coefficient (Wildman–Crippen LogP) is 2.66. The van der Waals surface area contributed by atoms with E-state index >= 15 is 0 Å². The molecule has 0 spiro atoms. The highest BCUT2D eigenvalue weighted by molar-refractivity contribution is 7.91. The fourth-order valence-corrected chi connectivity index (χ4v) is 7.13. The molecular formula is C22H32N2O6S2. The first-order chi connectivity index (χ1) is 15.0. The number of anilines is 1. The Morgan fingerprint density at radius 3 is 2.50 bits per heavy atom. The van der Waals surface area contributed by atoms with Gasteiger partial charge < -0.3 is 15.0 Å². The van der Waals surface area contributed by atoms with Crippen LogP contribution in [0.5, 0.6) is 0 Å². The van der Waals surface area contributed by atoms with Crippen molar-refractivity contribution < 1.29 is 27.5 Å². The lowest BCUT2D eigenvalue weighted by Crippen LogP contribution is -2.45. The molecule has 32 heavy (non-hydrogen) atoms. The zero-order valence-electron chi connectivity index (χ0n) is 19.1. The first-order valence-electron chi connectivity index (χ1n) is 11.1. The molecule has 0 unspecified atom stereocenters. The summed E-state index contributed by atoms with van der Waals surface area (Å²) in [4.78, 5) is 40.7. The SMILES string of the molecule is CC(C)CN(C(=O)COC(=O)c1c(NC(=O)C(C)C)sc2c1CCC2)[C@@H]1CCS(=O)(=O)C1. The van der Waals surface area contributed by atoms with Crippen molar-refractivity contribution in [1.29, 1.82) is 0 Å². The molecule has 1 aromatic heterocycles. The zero-order chi connectivity index (χ0) is 23.6. The second-order valence-electron chi connectivity index (χ2n) is 9.28. The van der Waals surface area contributed by atoms with Crippen LogP contribution in [0.25, 0.3) is 0 Å². The van der Waals surface area contributed by atoms with Crippen LogP contribution in [0.15, 0.2) is 0 Å². The summed E-state index contributed by atoms with van der Waals surface area (Å²) in [6, 6.07) is -0.389. The molecule has 1 aliphatic carbocycles. The molecule has 2 heterocycles. The topological polar surface area (TPSA) is 110 Å². The van der Waals surface area contributed by atoms with Crippen molar-refractivity contribution in [1.82, 2.24) is 4.90 Å². The number of nitrogens with one attached hydrogen (secondary N) is 1. The van der Waals surface area contributed by atoms with E-state index in [9.17, 15) is 22.8 Å². The lowest BCUT2D eigenvalue weighted by Gasteiger charge is -2.29. The summed E-state index contributed by atoms with van der Waals surface area (Å²) in [7, 11) is -3.15. The maximum absolute atomic E-state index is 13.0. The molecule has 1 N–H and O–H groups in total. The molecule has 0 aromatic carbocycles. The number of hydrogen-bond donors (Lipinski definition) is 1. The molecule has 0 radical (unpaired) electrons. The fourth-order valence-electron chi connectivity index (χ4n) is 4.12. The molecule has 2 aliphatic rings. The Hall–Kier alpha value is -1.94. The Bertz CT molecular complexity index is 996. The lowest BCUT2D eigenvalue weighted by atomic mass is 10.1. The first-order valence-corrected chi connectivity index (χ1v) is 13.7. The van der Waals surface area contributed by atoms with Crippen LogP contribution in [0.3, 0.4) is 0 Å². The van der Waals surface area contributed by atoms with E-state index in [4.69, 9.17) is 4.74 Å². The van der Waals surface area contributed by atoms with E-state index in [1.54, 1.807) is 18.7 Å². The van der Waals surface area contributed by atoms with Crippen molar-refractivity contribution in [3.8, 4) is 0 Å². The highest BCUT2D eigenvalue weighted by Crippen LogP contribution is 2.39. The molecule has 1 atom stereocenters. The van der Waals surface area contributed by atoms with Gasteiger partial charge in [0, 0.05) is 23.4 Å². The third-order valence-corrected chi connectivity index (χ3v) is 8.70. The van der Waals surface area contributed by atoms with Crippen LogP contribution >= 0.6 is 11.3 Å². The van der Waals surface area contributed by atoms with Gasteiger partial charge in [0.05, 0.1) is 17.1 Å². The molecule has 0 saturated carbocycles. The van der Waals surface area contributed by atoms with Crippen molar-refractivity contribution in [2.24, 2.45) is 11.8 Å². The van der Waals surface area contributed by atoms with Gasteiger partial charge in [0.25, 0.3) is 5.91 Å². The van der Waals surface area contributed by atoms with Gasteiger partial charge in [-0.15, -0.1) is 11.3 Å². The van der Waals surface area contributed by atoms with Gasteiger partial charge in [0.2, 0.25) is 5.91 Å². The quantitative estimate of drug-likeness (QED) is 0.568. The van der Waals surface area contributed by atoms with E-state index in [0.29, 0.717) is 23.5 Å². The number of ether oxygens (including phenoxy) is 1. The standard InChI is InChI=1S/C22H32N2O6S2/c1-13(2)10-24(15-8-9-32(28,29)12-15)18(25)11-30-22(27)19-16-6-5-7-17(16)31-21(19)23-20(26)14(3)4/h13-15H,5-12H2,1-4H3,(H,23,26)/t15-/m1/s1. The van der Waals surface area contributed by atoms with Gasteiger partial charge in [-0.1, -0.05) is 27.7 Å². The third-order valence-electron chi connectivity index (χ3n) is 5.74. The number of nitrogens with zero attached hydrogens (tertiary/aromatic N) is 1. The second kappa shape index (κ2) is 9.91. The van der Waals surface area contributed by atoms with E-state index in [1.165, 1.54) is 11.3 Å². The van der Waals surface area contributed by atoms with Crippen molar-refractivity contribution in [2.75, 3.05) is 30.0 Å². The minimum Gasteiger partial charge on any atom is -0.452 e. The van der Waals surface area contributed by atoms with Crippen molar-refractivity contribution in [2.45, 2.75) is 59.4 Å². The predicted molar refractivity (Wildman–Crippen MR) is 124 cm³/mol. The number of carbonyl (C=O) groups is 3. The Labute approximate surface area is 193 Å². The number of amides is 2. The summed E-state index contributed by atoms with van der Waals surface area (Å²) in [5, 5.41) is 3.31. The summed E-state index contributed by atoms with van der Waals surface area (Å²) < 4.78 is 29.2. The average Bonchev–Trinajstić information content (AvgIpc) is 3.37. The largest absolute Gasteiger partial charge is 0.452 e. The Morgan fingerprint density at radius 1 is 1.19 bits per heavy atom. The number of carbonyl (C=O) groups excluding carboxylic acids is 3. The van der Waals surface area contributed by atoms with Gasteiger partial charge in [-0.3, -0.25) is 9.59 Å². The number of aryl methyl sites for hydroxylation is 1. The van der Waals surface area contributed by atoms with Gasteiger partial charge in [-0.2, -0.15) is 0 Å². The molecular weight excluding hydrogens is 452 g/mol. The zero-order valence-corrected chi connectivity index (χ0v) is 20.7. The molecule has 1 aliphatic heterocycles. The number of rotatable bonds is 8. The Balaban J connectivity index is 1.73. The minimum atomic E-state index is -3.15. The van der Waals surface area contributed by atoms with Gasteiger partial charge in [-0.05, 0) is 37.2 Å². The summed E-state index contributed by atoms with van der Waals surface area (Å²) in [6.07, 6.45) is 2.94. The summed E-state index contributed by atoms with van der Waals surface area (Å²) in [5.41, 5.74) is 1.25. The van der Waals surface area contributed by atoms with Crippen molar-refractivity contribution in [3.63, 3.8) is 0 Å². The number of sulfone groups is 1. The maximum Gasteiger partial charge on any atom is 0.341 e. The molecule has 1 saturated heterocycles. The molecule has 2 amide bonds. The summed E-state index contributed by atoms with van der Waals surface area (Å²) >= 11 is 1.40. The molecule has 8 nitrogen and oxygen atoms in total. The molecule has 10 heteroatoms. The monoisotopic (exact) mass is 484 g/mol. The Morgan fingerprint density at radius 2 is 1.91 bits per heavy atom. The van der Waals surface area contributed by atoms with E-state index in [-0.39, 0.29) is 35.3 Å². The average molecular weight is 485 g/mol. The highest BCUT2D eigenvalue weighted by Gasteiger charge is 2.36. The second-order valence-corrected chi connectivity index (χ2v) is 12.6. The van der Waals surface area contributed by atoms with Gasteiger partial charge in [0.1, 0.15) is 5.00 Å². The van der Waals surface area contributed by atoms with E-state index in [0.717, 1.165) is 29.7 Å². The molecule has 1 aromatic rings. The highest BCUT2D eigenvalue weighted by atomic mass is 32.2. The van der Waals surface area contributed by atoms with Crippen LogP contribution in [-0.2, 0) is 37.0 Å². The van der Waals surface area contributed by atoms with Crippen LogP contribution in [0.2, 0.25) is 0 Å². The van der Waals surface area contributed by atoms with Gasteiger partial charge >= 0.3 is 5.97 Å². The van der Waals surface area contributed by atoms with Crippen LogP contribution < -0.4 is 5.32 Å². The summed E-state index contributed by atoms with van der Waals surface area (Å²) in [5.74, 6) is -1.27. The van der Waals surface area contributed by atoms with E-state index in [1.807, 2.05) is 13.8 Å². The van der Waals surface area contributed by atoms with Gasteiger partial charge in [0.15, 0.2) is 16.4 Å². The van der Waals surface area contributed by atoms with E-state index < -0.39 is 28.3 Å². The van der Waals surface area contributed by atoms with Crippen LogP contribution in [0, 0.1) is 11.8 Å². The number of esters is 1. The normalized spacial score (nSPS) is 19.2. The number of hydrogen-bond acceptors (Lipinski definition) is 7. The molecule has 1 fully saturated rings. The Kier molecular flexibility index (Phi) is 7.65. The number of fused-ring (bicyclic) bond motifs is 1.